The van der Waals surface area contributed by atoms with Crippen molar-refractivity contribution in [2.24, 2.45) is 0 Å². The van der Waals surface area contributed by atoms with E-state index in [1.807, 2.05) is 19.0 Å². The third-order valence-corrected chi connectivity index (χ3v) is 4.27. The molecule has 2 N–H and O–H groups in total. The van der Waals surface area contributed by atoms with Gasteiger partial charge in [0.1, 0.15) is 24.9 Å². The molecule has 1 aromatic carbocycles. The molecule has 1 aromatic heterocycles. The molecule has 0 saturated carbocycles. The Morgan fingerprint density at radius 1 is 1.31 bits per heavy atom. The number of ether oxygens (including phenoxy) is 2. The zero-order valence-electron chi connectivity index (χ0n) is 15.1. The maximum atomic E-state index is 11.1. The molecule has 0 unspecified atom stereocenters. The van der Waals surface area contributed by atoms with Crippen LogP contribution in [-0.4, -0.2) is 43.3 Å². The summed E-state index contributed by atoms with van der Waals surface area (Å²) >= 11 is 0. The summed E-state index contributed by atoms with van der Waals surface area (Å²) < 4.78 is 11.6. The highest BCUT2D eigenvalue weighted by Gasteiger charge is 2.31. The molecule has 26 heavy (non-hydrogen) atoms. The minimum Gasteiger partial charge on any atom is -0.483 e. The van der Waals surface area contributed by atoms with Gasteiger partial charge in [0, 0.05) is 32.3 Å². The van der Waals surface area contributed by atoms with Gasteiger partial charge in [-0.15, -0.1) is 0 Å². The Labute approximate surface area is 151 Å². The van der Waals surface area contributed by atoms with Crippen molar-refractivity contribution in [3.8, 4) is 5.75 Å². The third-order valence-electron chi connectivity index (χ3n) is 4.27. The second-order valence-electron chi connectivity index (χ2n) is 6.48. The number of nitrogens with zero attached hydrogens (tertiary/aromatic N) is 3. The van der Waals surface area contributed by atoms with E-state index < -0.39 is 4.92 Å². The molecule has 0 amide bonds. The van der Waals surface area contributed by atoms with Crippen molar-refractivity contribution in [2.45, 2.75) is 19.3 Å². The second-order valence-corrected chi connectivity index (χ2v) is 6.48. The molecule has 1 fully saturated rings. The first kappa shape index (κ1) is 18.1. The van der Waals surface area contributed by atoms with E-state index in [-0.39, 0.29) is 30.5 Å². The van der Waals surface area contributed by atoms with E-state index in [4.69, 9.17) is 9.47 Å². The van der Waals surface area contributed by atoms with Gasteiger partial charge in [0.2, 0.25) is 12.0 Å². The Bertz CT molecular complexity index is 779. The lowest BCUT2D eigenvalue weighted by atomic mass is 10.2. The number of aromatic nitrogens is 1. The van der Waals surface area contributed by atoms with E-state index in [1.54, 1.807) is 19.1 Å². The quantitative estimate of drug-likeness (QED) is 0.619. The highest BCUT2D eigenvalue weighted by Crippen LogP contribution is 2.25. The Morgan fingerprint density at radius 2 is 2.04 bits per heavy atom. The molecule has 2 heterocycles. The summed E-state index contributed by atoms with van der Waals surface area (Å²) in [6.45, 7) is 2.68. The van der Waals surface area contributed by atoms with Crippen LogP contribution in [0.2, 0.25) is 0 Å². The van der Waals surface area contributed by atoms with E-state index in [9.17, 15) is 10.1 Å². The number of quaternary nitrogens is 1. The minimum atomic E-state index is -0.529. The van der Waals surface area contributed by atoms with Gasteiger partial charge in [-0.1, -0.05) is 0 Å². The lowest BCUT2D eigenvalue weighted by Gasteiger charge is -2.14. The van der Waals surface area contributed by atoms with E-state index in [0.29, 0.717) is 5.69 Å². The van der Waals surface area contributed by atoms with Crippen LogP contribution in [-0.2, 0) is 4.74 Å². The molecular formula is C18H23N4O4+. The molecule has 2 atom stereocenters. The number of pyridine rings is 1. The van der Waals surface area contributed by atoms with Gasteiger partial charge in [0.15, 0.2) is 0 Å². The van der Waals surface area contributed by atoms with Gasteiger partial charge in [-0.05, 0) is 46.3 Å². The van der Waals surface area contributed by atoms with Crippen LogP contribution in [0, 0.1) is 17.0 Å². The van der Waals surface area contributed by atoms with Crippen LogP contribution in [0.25, 0.3) is 0 Å². The minimum absolute atomic E-state index is 0.0917. The van der Waals surface area contributed by atoms with Crippen molar-refractivity contribution < 1.29 is 19.7 Å². The maximum Gasteiger partial charge on any atom is 0.406 e. The van der Waals surface area contributed by atoms with E-state index in [2.05, 4.69) is 34.6 Å². The zero-order valence-corrected chi connectivity index (χ0v) is 15.1. The largest absolute Gasteiger partial charge is 0.483 e. The first-order chi connectivity index (χ1) is 12.4. The first-order valence-corrected chi connectivity index (χ1v) is 8.45. The van der Waals surface area contributed by atoms with Crippen LogP contribution < -0.4 is 15.0 Å². The number of hydrogen-bond donors (Lipinski definition) is 1. The molecule has 0 spiro atoms. The number of rotatable bonds is 6. The summed E-state index contributed by atoms with van der Waals surface area (Å²) in [6.07, 6.45) is -0.236. The molecule has 2 aromatic rings. The molecule has 8 heteroatoms. The molecule has 0 bridgehead atoms. The number of nitro groups is 1. The molecule has 1 aliphatic rings. The van der Waals surface area contributed by atoms with Gasteiger partial charge in [0.05, 0.1) is 0 Å². The molecule has 0 radical (unpaired) electrons. The van der Waals surface area contributed by atoms with Crippen LogP contribution in [0.5, 0.6) is 5.75 Å². The Hall–Kier alpha value is -2.71. The highest BCUT2D eigenvalue weighted by atomic mass is 16.6. The number of benzene rings is 1. The van der Waals surface area contributed by atoms with Gasteiger partial charge in [-0.25, -0.2) is 0 Å². The van der Waals surface area contributed by atoms with Gasteiger partial charge in [0.25, 0.3) is 0 Å². The molecule has 8 nitrogen and oxygen atoms in total. The zero-order chi connectivity index (χ0) is 18.7. The Kier molecular flexibility index (Phi) is 5.34. The predicted octanol–water partition coefficient (Wildman–Crippen LogP) is 1.40. The lowest BCUT2D eigenvalue weighted by Crippen LogP contribution is -2.82. The fourth-order valence-electron chi connectivity index (χ4n) is 2.83. The third kappa shape index (κ3) is 4.09. The van der Waals surface area contributed by atoms with Crippen LogP contribution >= 0.6 is 0 Å². The Balaban J connectivity index is 1.59. The van der Waals surface area contributed by atoms with Gasteiger partial charge in [-0.2, -0.15) is 0 Å². The summed E-state index contributed by atoms with van der Waals surface area (Å²) in [7, 11) is 4.00. The topological polar surface area (TPSA) is 94.3 Å². The van der Waals surface area contributed by atoms with Crippen molar-refractivity contribution in [3.63, 3.8) is 0 Å². The lowest BCUT2D eigenvalue weighted by molar-refractivity contribution is -0.697. The predicted molar refractivity (Wildman–Crippen MR) is 96.3 cm³/mol. The highest BCUT2D eigenvalue weighted by molar-refractivity contribution is 5.46. The van der Waals surface area contributed by atoms with E-state index in [1.165, 1.54) is 0 Å². The summed E-state index contributed by atoms with van der Waals surface area (Å²) in [4.78, 5) is 16.5. The first-order valence-electron chi connectivity index (χ1n) is 8.45. The normalized spacial score (nSPS) is 19.3. The Morgan fingerprint density at radius 3 is 2.69 bits per heavy atom. The van der Waals surface area contributed by atoms with Crippen molar-refractivity contribution in [1.29, 1.82) is 0 Å². The SMILES string of the molecule is Cc1ccc(OC[C@H]2C[NH2+][C@H](c3ccc(N(C)C)cc3)O2)c([N+](=O)[O-])n1. The number of nitrogens with two attached hydrogens (primary N) is 1. The smallest absolute Gasteiger partial charge is 0.406 e. The molecule has 0 aliphatic carbocycles. The maximum absolute atomic E-state index is 11.1. The fourth-order valence-corrected chi connectivity index (χ4v) is 2.83. The number of hydrogen-bond acceptors (Lipinski definition) is 6. The van der Waals surface area contributed by atoms with Crippen LogP contribution in [0.1, 0.15) is 17.5 Å². The van der Waals surface area contributed by atoms with Crippen molar-refractivity contribution in [3.05, 3.63) is 57.8 Å². The van der Waals surface area contributed by atoms with E-state index >= 15 is 0 Å². The van der Waals surface area contributed by atoms with Crippen molar-refractivity contribution in [2.75, 3.05) is 32.1 Å². The summed E-state index contributed by atoms with van der Waals surface area (Å²) in [6, 6.07) is 11.5. The van der Waals surface area contributed by atoms with E-state index in [0.717, 1.165) is 17.8 Å². The van der Waals surface area contributed by atoms with Gasteiger partial charge in [-0.3, -0.25) is 0 Å². The monoisotopic (exact) mass is 359 g/mol. The molecule has 3 rings (SSSR count). The van der Waals surface area contributed by atoms with Crippen LogP contribution in [0.3, 0.4) is 0 Å². The molecule has 138 valence electrons. The molecule has 1 aliphatic heterocycles. The summed E-state index contributed by atoms with van der Waals surface area (Å²) in [5.74, 6) is -0.0919. The van der Waals surface area contributed by atoms with Crippen molar-refractivity contribution in [1.82, 2.24) is 4.98 Å². The number of aryl methyl sites for hydroxylation is 1. The fraction of sp³-hybridized carbons (Fsp3) is 0.389. The van der Waals surface area contributed by atoms with Crippen LogP contribution in [0.4, 0.5) is 11.5 Å². The van der Waals surface area contributed by atoms with Crippen molar-refractivity contribution >= 4 is 11.5 Å². The standard InChI is InChI=1S/C18H22N4O4/c1-12-4-9-16(17(20-12)22(23)24)25-11-15-10-19-18(26-15)13-5-7-14(8-6-13)21(2)3/h4-9,15,18-19H,10-11H2,1-3H3/p+1/t15-,18+/m1/s1. The summed E-state index contributed by atoms with van der Waals surface area (Å²) in [5, 5.41) is 13.2. The second kappa shape index (κ2) is 7.67. The molecule has 1 saturated heterocycles. The van der Waals surface area contributed by atoms with Crippen LogP contribution in [0.15, 0.2) is 36.4 Å². The van der Waals surface area contributed by atoms with Gasteiger partial charge >= 0.3 is 5.82 Å². The average Bonchev–Trinajstić information content (AvgIpc) is 3.09. The number of anilines is 1. The summed E-state index contributed by atoms with van der Waals surface area (Å²) in [5.41, 5.74) is 2.79. The average molecular weight is 359 g/mol. The molecular weight excluding hydrogens is 336 g/mol. The van der Waals surface area contributed by atoms with Gasteiger partial charge < -0.3 is 29.8 Å².